The number of aromatic amines is 1. The topological polar surface area (TPSA) is 149 Å². The first kappa shape index (κ1) is 34.8. The highest BCUT2D eigenvalue weighted by molar-refractivity contribution is 6.27. The molecule has 2 heterocycles. The number of methoxy groups -OCH3 is 1. The molecule has 0 radical (unpaired) electrons. The molecule has 1 unspecified atom stereocenters. The van der Waals surface area contributed by atoms with Gasteiger partial charge in [0.25, 0.3) is 5.56 Å². The van der Waals surface area contributed by atoms with Gasteiger partial charge in [-0.3, -0.25) is 4.79 Å². The van der Waals surface area contributed by atoms with Gasteiger partial charge in [-0.2, -0.15) is 13.2 Å². The Morgan fingerprint density at radius 1 is 1.04 bits per heavy atom. The van der Waals surface area contributed by atoms with Gasteiger partial charge in [0.1, 0.15) is 13.3 Å². The smallest absolute Gasteiger partial charge is 0.417 e. The van der Waals surface area contributed by atoms with Gasteiger partial charge in [0, 0.05) is 42.4 Å². The number of hydrogen-bond donors (Lipinski definition) is 1. The molecule has 1 fully saturated rings. The largest absolute Gasteiger partial charge is 0.539 e. The van der Waals surface area contributed by atoms with E-state index in [1.165, 1.54) is 24.3 Å². The van der Waals surface area contributed by atoms with E-state index < -0.39 is 41.4 Å². The monoisotopic (exact) mass is 651 g/mol. The number of carboxylic acids is 1. The van der Waals surface area contributed by atoms with E-state index in [1.54, 1.807) is 25.3 Å². The zero-order chi connectivity index (χ0) is 33.1. The van der Waals surface area contributed by atoms with Crippen molar-refractivity contribution < 1.29 is 56.3 Å². The molecule has 4 rings (SSSR count). The first-order chi connectivity index (χ1) is 22.1. The molecule has 0 amide bonds. The van der Waals surface area contributed by atoms with Crippen LogP contribution in [0, 0.1) is 0 Å². The summed E-state index contributed by atoms with van der Waals surface area (Å²) in [6, 6.07) is 11.5. The van der Waals surface area contributed by atoms with Gasteiger partial charge in [-0.05, 0) is 29.7 Å². The Morgan fingerprint density at radius 2 is 1.76 bits per heavy atom. The molecular weight excluding hydrogens is 617 g/mol. The second kappa shape index (κ2) is 16.5. The fourth-order valence-corrected chi connectivity index (χ4v) is 4.87. The van der Waals surface area contributed by atoms with Crippen molar-refractivity contribution in [3.8, 4) is 11.3 Å². The molecule has 3 aromatic rings. The van der Waals surface area contributed by atoms with Crippen molar-refractivity contribution in [2.45, 2.75) is 24.8 Å². The number of carbonyl (C=O) groups is 2. The van der Waals surface area contributed by atoms with Crippen LogP contribution in [-0.2, 0) is 44.2 Å². The predicted molar refractivity (Wildman–Crippen MR) is 156 cm³/mol. The van der Waals surface area contributed by atoms with Crippen molar-refractivity contribution in [1.29, 1.82) is 0 Å². The first-order valence-electron chi connectivity index (χ1n) is 14.4. The molecular formula is C31H34F3N2O10-. The van der Waals surface area contributed by atoms with Crippen molar-refractivity contribution in [2.75, 3.05) is 71.5 Å². The van der Waals surface area contributed by atoms with Crippen LogP contribution >= 0.6 is 0 Å². The lowest BCUT2D eigenvalue weighted by Crippen LogP contribution is -2.36. The number of ether oxygens (including phenoxy) is 6. The van der Waals surface area contributed by atoms with Gasteiger partial charge in [-0.25, -0.2) is 4.79 Å². The van der Waals surface area contributed by atoms with E-state index in [-0.39, 0.29) is 49.6 Å². The zero-order valence-corrected chi connectivity index (χ0v) is 25.0. The molecule has 250 valence electrons. The maximum Gasteiger partial charge on any atom is 0.417 e. The third-order valence-corrected chi connectivity index (χ3v) is 7.09. The van der Waals surface area contributed by atoms with Crippen LogP contribution in [0.2, 0.25) is 0 Å². The number of aliphatic carboxylic acids is 1. The summed E-state index contributed by atoms with van der Waals surface area (Å²) in [7, 11) is 1.57. The van der Waals surface area contributed by atoms with Crippen LogP contribution in [-0.4, -0.2) is 95.8 Å². The summed E-state index contributed by atoms with van der Waals surface area (Å²) in [5, 5.41) is 11.5. The fraction of sp³-hybridized carbons (Fsp3) is 0.452. The molecule has 2 atom stereocenters. The minimum Gasteiger partial charge on any atom is -0.539 e. The molecule has 2 aromatic carbocycles. The highest BCUT2D eigenvalue weighted by atomic mass is 19.4. The number of carboxylic acid groups (broad SMARTS) is 1. The second-order valence-corrected chi connectivity index (χ2v) is 10.3. The fourth-order valence-electron chi connectivity index (χ4n) is 4.87. The Balaban J connectivity index is 1.37. The summed E-state index contributed by atoms with van der Waals surface area (Å²) in [5.41, 5.74) is -0.835. The summed E-state index contributed by atoms with van der Waals surface area (Å²) in [4.78, 5) is 39.6. The van der Waals surface area contributed by atoms with Gasteiger partial charge in [0.2, 0.25) is 0 Å². The average Bonchev–Trinajstić information content (AvgIpc) is 3.50. The number of fused-ring (bicyclic) bond motifs is 1. The Kier molecular flexibility index (Phi) is 12.5. The number of pyridine rings is 1. The van der Waals surface area contributed by atoms with E-state index in [0.717, 1.165) is 6.07 Å². The van der Waals surface area contributed by atoms with Gasteiger partial charge in [-0.1, -0.05) is 24.3 Å². The minimum atomic E-state index is -4.59. The molecule has 0 saturated carbocycles. The third-order valence-electron chi connectivity index (χ3n) is 7.09. The maximum atomic E-state index is 13.6. The van der Waals surface area contributed by atoms with Gasteiger partial charge >= 0.3 is 12.1 Å². The van der Waals surface area contributed by atoms with Gasteiger partial charge < -0.3 is 48.2 Å². The van der Waals surface area contributed by atoms with Crippen molar-refractivity contribution in [3.05, 3.63) is 64.4 Å². The van der Waals surface area contributed by atoms with Crippen molar-refractivity contribution in [3.63, 3.8) is 0 Å². The Labute approximate surface area is 261 Å². The SMILES string of the molecule is COCCOCCOCCOC(COC(=O)C(=O)[O-])C[C@H]1CN(c2ccc3cc(-c4ccccc4C(F)(F)F)[nH]c(=O)c3c2)CO1. The number of rotatable bonds is 16. The quantitative estimate of drug-likeness (QED) is 0.138. The van der Waals surface area contributed by atoms with Crippen LogP contribution in [0.15, 0.2) is 53.3 Å². The number of anilines is 1. The summed E-state index contributed by atoms with van der Waals surface area (Å²) in [6.07, 6.45) is -5.47. The normalized spacial score (nSPS) is 15.7. The summed E-state index contributed by atoms with van der Waals surface area (Å²) in [6.45, 7) is 2.13. The Hall–Kier alpha value is -4.02. The average molecular weight is 652 g/mol. The number of esters is 1. The molecule has 0 aliphatic carbocycles. The van der Waals surface area contributed by atoms with Crippen molar-refractivity contribution >= 4 is 28.4 Å². The molecule has 0 bridgehead atoms. The summed E-state index contributed by atoms with van der Waals surface area (Å²) >= 11 is 0. The minimum absolute atomic E-state index is 0.0500. The number of H-pyrrole nitrogens is 1. The number of hydrogen-bond acceptors (Lipinski definition) is 11. The molecule has 0 spiro atoms. The van der Waals surface area contributed by atoms with Crippen LogP contribution in [0.4, 0.5) is 18.9 Å². The van der Waals surface area contributed by atoms with Crippen molar-refractivity contribution in [1.82, 2.24) is 4.98 Å². The lowest BCUT2D eigenvalue weighted by molar-refractivity contribution is -0.304. The van der Waals surface area contributed by atoms with E-state index in [0.29, 0.717) is 44.0 Å². The van der Waals surface area contributed by atoms with E-state index >= 15 is 0 Å². The van der Waals surface area contributed by atoms with E-state index in [9.17, 15) is 32.7 Å². The molecule has 1 aliphatic heterocycles. The van der Waals surface area contributed by atoms with Gasteiger partial charge in [0.15, 0.2) is 5.97 Å². The standard InChI is InChI=1S/C31H35F3N2O10/c1-41-8-9-42-10-11-43-12-13-44-23(18-45-30(40)29(38)39)16-22-17-36(19-46-22)21-7-6-20-14-27(35-28(37)25(20)15-21)24-4-2-3-5-26(24)31(32,33)34/h2-7,14-15,22-23H,8-13,16-19H2,1H3,(H,35,37)(H,38,39)/p-1/t22-,23?/m0/s1. The van der Waals surface area contributed by atoms with Crippen LogP contribution in [0.1, 0.15) is 12.0 Å². The highest BCUT2D eigenvalue weighted by Crippen LogP contribution is 2.36. The molecule has 1 aromatic heterocycles. The summed E-state index contributed by atoms with van der Waals surface area (Å²) < 4.78 is 72.8. The van der Waals surface area contributed by atoms with Crippen LogP contribution in [0.5, 0.6) is 0 Å². The number of nitrogens with one attached hydrogen (secondary N) is 1. The number of halogens is 3. The Bertz CT molecular complexity index is 1530. The maximum absolute atomic E-state index is 13.6. The molecule has 1 N–H and O–H groups in total. The molecule has 1 saturated heterocycles. The number of aromatic nitrogens is 1. The summed E-state index contributed by atoms with van der Waals surface area (Å²) in [5.74, 6) is -3.49. The number of alkyl halides is 3. The number of nitrogens with zero attached hydrogens (tertiary/aromatic N) is 1. The zero-order valence-electron chi connectivity index (χ0n) is 25.0. The van der Waals surface area contributed by atoms with E-state index in [1.807, 2.05) is 4.90 Å². The second-order valence-electron chi connectivity index (χ2n) is 10.3. The lowest BCUT2D eigenvalue weighted by Gasteiger charge is -2.21. The van der Waals surface area contributed by atoms with Crippen LogP contribution in [0.25, 0.3) is 22.0 Å². The van der Waals surface area contributed by atoms with E-state index in [4.69, 9.17) is 28.4 Å². The first-order valence-corrected chi connectivity index (χ1v) is 14.4. The molecule has 12 nitrogen and oxygen atoms in total. The highest BCUT2D eigenvalue weighted by Gasteiger charge is 2.34. The Morgan fingerprint density at radius 3 is 2.48 bits per heavy atom. The number of carbonyl (C=O) groups excluding carboxylic acids is 2. The molecule has 46 heavy (non-hydrogen) atoms. The van der Waals surface area contributed by atoms with Crippen LogP contribution in [0.3, 0.4) is 0 Å². The van der Waals surface area contributed by atoms with Gasteiger partial charge in [-0.15, -0.1) is 0 Å². The van der Waals surface area contributed by atoms with Gasteiger partial charge in [0.05, 0.1) is 57.4 Å². The third kappa shape index (κ3) is 9.74. The van der Waals surface area contributed by atoms with Crippen molar-refractivity contribution in [2.24, 2.45) is 0 Å². The molecule has 15 heteroatoms. The van der Waals surface area contributed by atoms with Crippen LogP contribution < -0.4 is 15.6 Å². The lowest BCUT2D eigenvalue weighted by atomic mass is 10.0. The molecule has 1 aliphatic rings. The number of benzene rings is 2. The van der Waals surface area contributed by atoms with E-state index in [2.05, 4.69) is 4.98 Å². The predicted octanol–water partition coefficient (Wildman–Crippen LogP) is 2.12.